The number of hydrogen-bond donors (Lipinski definition) is 0. The van der Waals surface area contributed by atoms with Crippen LogP contribution in [0, 0.1) is 5.82 Å². The fourth-order valence-electron chi connectivity index (χ4n) is 2.33. The number of likely N-dealkylation sites (tertiary alicyclic amines) is 1. The largest absolute Gasteiger partial charge is 0.481 e. The number of carbonyl (C=O) groups excluding carboxylic acids is 2. The molecule has 0 aliphatic carbocycles. The quantitative estimate of drug-likeness (QED) is 0.839. The van der Waals surface area contributed by atoms with Crippen molar-refractivity contribution in [3.8, 4) is 5.88 Å². The van der Waals surface area contributed by atoms with Gasteiger partial charge in [-0.25, -0.2) is 14.2 Å². The van der Waals surface area contributed by atoms with Crippen LogP contribution in [0.15, 0.2) is 12.3 Å². The Kier molecular flexibility index (Phi) is 4.35. The summed E-state index contributed by atoms with van der Waals surface area (Å²) in [6.45, 7) is 5.14. The molecule has 0 N–H and O–H groups in total. The van der Waals surface area contributed by atoms with Crippen LogP contribution >= 0.6 is 0 Å². The summed E-state index contributed by atoms with van der Waals surface area (Å²) in [5.41, 5.74) is -0.323. The first-order valence-corrected chi connectivity index (χ1v) is 6.92. The van der Waals surface area contributed by atoms with E-state index < -0.39 is 23.6 Å². The Bertz CT molecular complexity index is 598. The molecule has 6 nitrogen and oxygen atoms in total. The summed E-state index contributed by atoms with van der Waals surface area (Å²) < 4.78 is 23.9. The molecule has 1 saturated heterocycles. The lowest BCUT2D eigenvalue weighted by Gasteiger charge is -2.28. The van der Waals surface area contributed by atoms with Gasteiger partial charge in [-0.3, -0.25) is 9.69 Å². The minimum atomic E-state index is -0.683. The van der Waals surface area contributed by atoms with Gasteiger partial charge in [-0.1, -0.05) is 0 Å². The van der Waals surface area contributed by atoms with Crippen molar-refractivity contribution in [3.05, 3.63) is 23.6 Å². The third-order valence-corrected chi connectivity index (χ3v) is 3.17. The number of ketones is 1. The second kappa shape index (κ2) is 5.90. The summed E-state index contributed by atoms with van der Waals surface area (Å²) in [6.07, 6.45) is 0.493. The van der Waals surface area contributed by atoms with Crippen LogP contribution in [0.1, 0.15) is 38.8 Å². The van der Waals surface area contributed by atoms with Crippen molar-refractivity contribution in [3.63, 3.8) is 0 Å². The van der Waals surface area contributed by atoms with Gasteiger partial charge in [0, 0.05) is 12.0 Å². The molecule has 2 rings (SSSR count). The minimum Gasteiger partial charge on any atom is -0.481 e. The molecule has 2 heterocycles. The van der Waals surface area contributed by atoms with Crippen molar-refractivity contribution in [1.82, 2.24) is 9.88 Å². The minimum absolute atomic E-state index is 0.0702. The van der Waals surface area contributed by atoms with E-state index in [1.54, 1.807) is 20.8 Å². The molecule has 1 fully saturated rings. The van der Waals surface area contributed by atoms with E-state index in [9.17, 15) is 14.0 Å². The maximum absolute atomic E-state index is 13.5. The van der Waals surface area contributed by atoms with Crippen LogP contribution in [0.2, 0.25) is 0 Å². The first kappa shape index (κ1) is 16.2. The van der Waals surface area contributed by atoms with Gasteiger partial charge in [0.15, 0.2) is 5.78 Å². The maximum Gasteiger partial charge on any atom is 0.411 e. The Hall–Kier alpha value is -2.18. The van der Waals surface area contributed by atoms with E-state index in [4.69, 9.17) is 9.47 Å². The topological polar surface area (TPSA) is 68.7 Å². The number of nitrogens with zero attached hydrogens (tertiary/aromatic N) is 2. The summed E-state index contributed by atoms with van der Waals surface area (Å²) in [7, 11) is 1.40. The molecule has 1 aromatic rings. The monoisotopic (exact) mass is 310 g/mol. The standard InChI is InChI=1S/C15H19FN2O4/c1-15(2,3)22-14(20)18-8-10(19)6-12(18)11-5-9(16)7-17-13(11)21-4/h5,7,12H,6,8H2,1-4H3/t12-/m1/s1. The van der Waals surface area contributed by atoms with Gasteiger partial charge in [-0.15, -0.1) is 0 Å². The van der Waals surface area contributed by atoms with Crippen LogP contribution < -0.4 is 4.74 Å². The van der Waals surface area contributed by atoms with Crippen molar-refractivity contribution < 1.29 is 23.5 Å². The first-order valence-electron chi connectivity index (χ1n) is 6.92. The zero-order chi connectivity index (χ0) is 16.5. The van der Waals surface area contributed by atoms with E-state index in [-0.39, 0.29) is 24.6 Å². The number of hydrogen-bond acceptors (Lipinski definition) is 5. The summed E-state index contributed by atoms with van der Waals surface area (Å²) in [4.78, 5) is 29.2. The van der Waals surface area contributed by atoms with Gasteiger partial charge in [0.2, 0.25) is 5.88 Å². The Morgan fingerprint density at radius 2 is 2.14 bits per heavy atom. The molecular formula is C15H19FN2O4. The van der Waals surface area contributed by atoms with E-state index >= 15 is 0 Å². The average molecular weight is 310 g/mol. The number of pyridine rings is 1. The molecule has 7 heteroatoms. The fraction of sp³-hybridized carbons (Fsp3) is 0.533. The molecule has 1 aromatic heterocycles. The molecule has 1 atom stereocenters. The Balaban J connectivity index is 2.34. The fourth-order valence-corrected chi connectivity index (χ4v) is 2.33. The van der Waals surface area contributed by atoms with E-state index in [0.717, 1.165) is 6.20 Å². The predicted molar refractivity (Wildman–Crippen MR) is 76.1 cm³/mol. The molecule has 0 unspecified atom stereocenters. The van der Waals surface area contributed by atoms with Gasteiger partial charge in [-0.2, -0.15) is 0 Å². The molecule has 0 aromatic carbocycles. The van der Waals surface area contributed by atoms with Crippen molar-refractivity contribution in [2.24, 2.45) is 0 Å². The first-order chi connectivity index (χ1) is 10.2. The van der Waals surface area contributed by atoms with Crippen molar-refractivity contribution >= 4 is 11.9 Å². The highest BCUT2D eigenvalue weighted by molar-refractivity contribution is 5.88. The summed E-state index contributed by atoms with van der Waals surface area (Å²) >= 11 is 0. The molecule has 0 spiro atoms. The van der Waals surface area contributed by atoms with Gasteiger partial charge in [0.05, 0.1) is 25.9 Å². The zero-order valence-corrected chi connectivity index (χ0v) is 13.1. The second-order valence-corrected chi connectivity index (χ2v) is 6.12. The number of rotatable bonds is 2. The normalized spacial score (nSPS) is 18.5. The van der Waals surface area contributed by atoms with Gasteiger partial charge in [0.1, 0.15) is 11.4 Å². The van der Waals surface area contributed by atoms with Crippen molar-refractivity contribution in [2.75, 3.05) is 13.7 Å². The summed E-state index contributed by atoms with van der Waals surface area (Å²) in [5, 5.41) is 0. The molecule has 120 valence electrons. The van der Waals surface area contributed by atoms with E-state index in [1.165, 1.54) is 18.1 Å². The smallest absolute Gasteiger partial charge is 0.411 e. The average Bonchev–Trinajstić information content (AvgIpc) is 2.79. The van der Waals surface area contributed by atoms with Crippen LogP contribution in [0.25, 0.3) is 0 Å². The van der Waals surface area contributed by atoms with Gasteiger partial charge in [0.25, 0.3) is 0 Å². The maximum atomic E-state index is 13.5. The number of halogens is 1. The Morgan fingerprint density at radius 3 is 2.73 bits per heavy atom. The third kappa shape index (κ3) is 3.52. The van der Waals surface area contributed by atoms with Crippen LogP contribution in [0.5, 0.6) is 5.88 Å². The Labute approximate surface area is 128 Å². The third-order valence-electron chi connectivity index (χ3n) is 3.17. The Morgan fingerprint density at radius 1 is 1.45 bits per heavy atom. The lowest BCUT2D eigenvalue weighted by molar-refractivity contribution is -0.117. The zero-order valence-electron chi connectivity index (χ0n) is 13.1. The lowest BCUT2D eigenvalue weighted by Crippen LogP contribution is -2.37. The van der Waals surface area contributed by atoms with Crippen LogP contribution in [0.4, 0.5) is 9.18 Å². The second-order valence-electron chi connectivity index (χ2n) is 6.12. The van der Waals surface area contributed by atoms with Crippen LogP contribution in [0.3, 0.4) is 0 Å². The number of methoxy groups -OCH3 is 1. The number of Topliss-reactive ketones (excluding diaryl/α,β-unsaturated/α-hetero) is 1. The predicted octanol–water partition coefficient (Wildman–Crippen LogP) is 2.48. The van der Waals surface area contributed by atoms with Crippen molar-refractivity contribution in [1.29, 1.82) is 0 Å². The summed E-state index contributed by atoms with van der Waals surface area (Å²) in [5.74, 6) is -0.490. The highest BCUT2D eigenvalue weighted by Crippen LogP contribution is 2.35. The van der Waals surface area contributed by atoms with Crippen molar-refractivity contribution in [2.45, 2.75) is 38.8 Å². The number of amides is 1. The van der Waals surface area contributed by atoms with E-state index in [1.807, 2.05) is 0 Å². The molecule has 0 radical (unpaired) electrons. The number of carbonyl (C=O) groups is 2. The molecule has 1 aliphatic heterocycles. The highest BCUT2D eigenvalue weighted by atomic mass is 19.1. The molecule has 1 amide bonds. The molecule has 1 aliphatic rings. The van der Waals surface area contributed by atoms with E-state index in [2.05, 4.69) is 4.98 Å². The van der Waals surface area contributed by atoms with Gasteiger partial charge < -0.3 is 9.47 Å². The van der Waals surface area contributed by atoms with Gasteiger partial charge in [-0.05, 0) is 26.8 Å². The molecule has 0 saturated carbocycles. The van der Waals surface area contributed by atoms with Crippen LogP contribution in [-0.4, -0.2) is 41.0 Å². The lowest BCUT2D eigenvalue weighted by atomic mass is 10.1. The SMILES string of the molecule is COc1ncc(F)cc1[C@H]1CC(=O)CN1C(=O)OC(C)(C)C. The van der Waals surface area contributed by atoms with Gasteiger partial charge >= 0.3 is 6.09 Å². The van der Waals surface area contributed by atoms with E-state index in [0.29, 0.717) is 5.56 Å². The van der Waals surface area contributed by atoms with Crippen LogP contribution in [-0.2, 0) is 9.53 Å². The summed E-state index contributed by atoms with van der Waals surface area (Å²) in [6, 6.07) is 0.590. The number of ether oxygens (including phenoxy) is 2. The molecular weight excluding hydrogens is 291 g/mol. The molecule has 0 bridgehead atoms. The highest BCUT2D eigenvalue weighted by Gasteiger charge is 2.39. The molecule has 22 heavy (non-hydrogen) atoms. The number of aromatic nitrogens is 1.